The average molecular weight is 220 g/mol. The minimum absolute atomic E-state index is 0. The van der Waals surface area contributed by atoms with Crippen molar-refractivity contribution in [2.75, 3.05) is 5.73 Å². The van der Waals surface area contributed by atoms with Crippen molar-refractivity contribution < 1.29 is 4.79 Å². The molecule has 1 aromatic carbocycles. The number of carbonyl (C=O) groups excluding carboxylic acids is 1. The third-order valence-electron chi connectivity index (χ3n) is 1.75. The van der Waals surface area contributed by atoms with Gasteiger partial charge in [0.2, 0.25) is 0 Å². The summed E-state index contributed by atoms with van der Waals surface area (Å²) in [6.07, 6.45) is 0.809. The lowest BCUT2D eigenvalue weighted by atomic mass is 10.1. The second-order valence-electron chi connectivity index (χ2n) is 2.54. The van der Waals surface area contributed by atoms with Gasteiger partial charge in [-0.15, -0.1) is 12.4 Å². The highest BCUT2D eigenvalue weighted by Crippen LogP contribution is 2.15. The molecule has 0 unspecified atom stereocenters. The standard InChI is InChI=1S/C9H10ClNO.ClH/c1-2-6-5-7(9(10)12)3-4-8(6)11;/h3-5H,2,11H2,1H3;1H. The molecular formula is C9H11Cl2NO. The van der Waals surface area contributed by atoms with Gasteiger partial charge in [-0.3, -0.25) is 4.79 Å². The first-order chi connectivity index (χ1) is 5.65. The first-order valence-corrected chi connectivity index (χ1v) is 4.11. The number of rotatable bonds is 2. The highest BCUT2D eigenvalue weighted by Gasteiger charge is 2.03. The van der Waals surface area contributed by atoms with Crippen molar-refractivity contribution in [1.82, 2.24) is 0 Å². The molecule has 0 aliphatic rings. The van der Waals surface area contributed by atoms with Crippen LogP contribution in [0.5, 0.6) is 0 Å². The Kier molecular flexibility index (Phi) is 4.81. The molecule has 1 rings (SSSR count). The van der Waals surface area contributed by atoms with E-state index in [9.17, 15) is 4.79 Å². The maximum atomic E-state index is 10.7. The smallest absolute Gasteiger partial charge is 0.252 e. The molecule has 0 fully saturated rings. The Morgan fingerprint density at radius 1 is 1.54 bits per heavy atom. The van der Waals surface area contributed by atoms with Crippen molar-refractivity contribution in [3.63, 3.8) is 0 Å². The van der Waals surface area contributed by atoms with E-state index in [1.165, 1.54) is 0 Å². The summed E-state index contributed by atoms with van der Waals surface area (Å²) in [5.41, 5.74) is 7.82. The minimum Gasteiger partial charge on any atom is -0.399 e. The molecule has 0 saturated carbocycles. The topological polar surface area (TPSA) is 43.1 Å². The van der Waals surface area contributed by atoms with E-state index in [1.54, 1.807) is 18.2 Å². The van der Waals surface area contributed by atoms with Gasteiger partial charge >= 0.3 is 0 Å². The SMILES string of the molecule is CCc1cc(C(=O)Cl)ccc1N.Cl. The molecule has 0 radical (unpaired) electrons. The van der Waals surface area contributed by atoms with Crippen LogP contribution in [0.4, 0.5) is 5.69 Å². The van der Waals surface area contributed by atoms with Crippen molar-refractivity contribution in [2.24, 2.45) is 0 Å². The summed E-state index contributed by atoms with van der Waals surface area (Å²) in [5.74, 6) is 0. The van der Waals surface area contributed by atoms with Crippen LogP contribution in [0, 0.1) is 0 Å². The molecule has 0 saturated heterocycles. The molecule has 1 aromatic rings. The summed E-state index contributed by atoms with van der Waals surface area (Å²) < 4.78 is 0. The van der Waals surface area contributed by atoms with Crippen LogP contribution >= 0.6 is 24.0 Å². The van der Waals surface area contributed by atoms with Crippen LogP contribution in [0.15, 0.2) is 18.2 Å². The molecule has 2 nitrogen and oxygen atoms in total. The Labute approximate surface area is 88.5 Å². The molecule has 72 valence electrons. The number of hydrogen-bond donors (Lipinski definition) is 1. The summed E-state index contributed by atoms with van der Waals surface area (Å²) in [6.45, 7) is 1.98. The predicted octanol–water partition coefficient (Wildman–Crippen LogP) is 2.63. The number of aryl methyl sites for hydroxylation is 1. The van der Waals surface area contributed by atoms with Crippen molar-refractivity contribution >= 4 is 34.9 Å². The Hall–Kier alpha value is -0.730. The van der Waals surface area contributed by atoms with Crippen molar-refractivity contribution in [3.8, 4) is 0 Å². The van der Waals surface area contributed by atoms with Crippen molar-refractivity contribution in [3.05, 3.63) is 29.3 Å². The fourth-order valence-electron chi connectivity index (χ4n) is 1.03. The van der Waals surface area contributed by atoms with E-state index in [0.717, 1.165) is 12.0 Å². The fraction of sp³-hybridized carbons (Fsp3) is 0.222. The molecule has 0 spiro atoms. The van der Waals surface area contributed by atoms with Crippen LogP contribution in [-0.2, 0) is 6.42 Å². The van der Waals surface area contributed by atoms with E-state index < -0.39 is 5.24 Å². The third kappa shape index (κ3) is 2.90. The Bertz CT molecular complexity index is 312. The van der Waals surface area contributed by atoms with Gasteiger partial charge in [0.05, 0.1) is 0 Å². The summed E-state index contributed by atoms with van der Waals surface area (Å²) in [5, 5.41) is -0.440. The second kappa shape index (κ2) is 5.10. The predicted molar refractivity (Wildman–Crippen MR) is 57.7 cm³/mol. The lowest BCUT2D eigenvalue weighted by Gasteiger charge is -2.02. The quantitative estimate of drug-likeness (QED) is 0.614. The van der Waals surface area contributed by atoms with Gasteiger partial charge in [-0.25, -0.2) is 0 Å². The number of carbonyl (C=O) groups is 1. The first kappa shape index (κ1) is 12.3. The van der Waals surface area contributed by atoms with Gasteiger partial charge in [-0.05, 0) is 41.8 Å². The monoisotopic (exact) mass is 219 g/mol. The molecule has 0 amide bonds. The molecule has 13 heavy (non-hydrogen) atoms. The van der Waals surface area contributed by atoms with E-state index in [-0.39, 0.29) is 12.4 Å². The molecule has 0 heterocycles. The van der Waals surface area contributed by atoms with Gasteiger partial charge in [0, 0.05) is 11.3 Å². The number of nitrogens with two attached hydrogens (primary N) is 1. The van der Waals surface area contributed by atoms with E-state index in [0.29, 0.717) is 11.3 Å². The number of hydrogen-bond acceptors (Lipinski definition) is 2. The van der Waals surface area contributed by atoms with Gasteiger partial charge in [-0.2, -0.15) is 0 Å². The van der Waals surface area contributed by atoms with Crippen LogP contribution in [0.1, 0.15) is 22.8 Å². The third-order valence-corrected chi connectivity index (χ3v) is 1.97. The fourth-order valence-corrected chi connectivity index (χ4v) is 1.15. The van der Waals surface area contributed by atoms with Gasteiger partial charge in [-0.1, -0.05) is 6.92 Å². The van der Waals surface area contributed by atoms with Crippen LogP contribution < -0.4 is 5.73 Å². The first-order valence-electron chi connectivity index (χ1n) is 3.73. The Balaban J connectivity index is 0.00000144. The van der Waals surface area contributed by atoms with Gasteiger partial charge in [0.1, 0.15) is 0 Å². The number of anilines is 1. The van der Waals surface area contributed by atoms with Crippen molar-refractivity contribution in [1.29, 1.82) is 0 Å². The zero-order valence-electron chi connectivity index (χ0n) is 7.21. The van der Waals surface area contributed by atoms with E-state index in [2.05, 4.69) is 0 Å². The summed E-state index contributed by atoms with van der Waals surface area (Å²) in [6, 6.07) is 5.06. The number of benzene rings is 1. The molecule has 0 atom stereocenters. The maximum Gasteiger partial charge on any atom is 0.252 e. The van der Waals surface area contributed by atoms with Crippen LogP contribution in [-0.4, -0.2) is 5.24 Å². The van der Waals surface area contributed by atoms with E-state index >= 15 is 0 Å². The highest BCUT2D eigenvalue weighted by molar-refractivity contribution is 6.67. The molecule has 0 aliphatic carbocycles. The summed E-state index contributed by atoms with van der Waals surface area (Å²) in [7, 11) is 0. The second-order valence-corrected chi connectivity index (χ2v) is 2.88. The maximum absolute atomic E-state index is 10.7. The highest BCUT2D eigenvalue weighted by atomic mass is 35.5. The molecule has 2 N–H and O–H groups in total. The van der Waals surface area contributed by atoms with Gasteiger partial charge in [0.15, 0.2) is 0 Å². The van der Waals surface area contributed by atoms with Crippen LogP contribution in [0.2, 0.25) is 0 Å². The van der Waals surface area contributed by atoms with E-state index in [1.807, 2.05) is 6.92 Å². The van der Waals surface area contributed by atoms with Gasteiger partial charge < -0.3 is 5.73 Å². The lowest BCUT2D eigenvalue weighted by molar-refractivity contribution is 0.108. The zero-order chi connectivity index (χ0) is 9.14. The molecule has 4 heteroatoms. The Morgan fingerprint density at radius 3 is 2.62 bits per heavy atom. The molecule has 0 bridgehead atoms. The summed E-state index contributed by atoms with van der Waals surface area (Å²) in [4.78, 5) is 10.7. The molecule has 0 aliphatic heterocycles. The number of halogens is 2. The summed E-state index contributed by atoms with van der Waals surface area (Å²) >= 11 is 5.30. The molecular weight excluding hydrogens is 209 g/mol. The Morgan fingerprint density at radius 2 is 2.15 bits per heavy atom. The zero-order valence-corrected chi connectivity index (χ0v) is 8.78. The lowest BCUT2D eigenvalue weighted by Crippen LogP contribution is -1.96. The van der Waals surface area contributed by atoms with Crippen LogP contribution in [0.3, 0.4) is 0 Å². The minimum atomic E-state index is -0.440. The largest absolute Gasteiger partial charge is 0.399 e. The van der Waals surface area contributed by atoms with Crippen LogP contribution in [0.25, 0.3) is 0 Å². The normalized spacial score (nSPS) is 9.08. The van der Waals surface area contributed by atoms with Crippen molar-refractivity contribution in [2.45, 2.75) is 13.3 Å². The molecule has 0 aromatic heterocycles. The number of nitrogen functional groups attached to an aromatic ring is 1. The van der Waals surface area contributed by atoms with E-state index in [4.69, 9.17) is 17.3 Å². The van der Waals surface area contributed by atoms with Gasteiger partial charge in [0.25, 0.3) is 5.24 Å². The average Bonchev–Trinajstić information content (AvgIpc) is 2.05.